The molecule has 140 valence electrons. The van der Waals surface area contributed by atoms with E-state index in [2.05, 4.69) is 44.0 Å². The van der Waals surface area contributed by atoms with Gasteiger partial charge < -0.3 is 4.74 Å². The Morgan fingerprint density at radius 3 is 2.43 bits per heavy atom. The minimum absolute atomic E-state index is 0.711. The molecule has 28 heavy (non-hydrogen) atoms. The van der Waals surface area contributed by atoms with Gasteiger partial charge >= 0.3 is 0 Å². The van der Waals surface area contributed by atoms with Crippen LogP contribution >= 0.6 is 11.8 Å². The molecule has 0 atom stereocenters. The van der Waals surface area contributed by atoms with Gasteiger partial charge in [0, 0.05) is 23.7 Å². The number of hydrogen-bond acceptors (Lipinski definition) is 5. The zero-order valence-corrected chi connectivity index (χ0v) is 16.3. The molecule has 0 amide bonds. The summed E-state index contributed by atoms with van der Waals surface area (Å²) in [5.74, 6) is 2.50. The van der Waals surface area contributed by atoms with Crippen LogP contribution < -0.4 is 4.74 Å². The molecule has 0 aliphatic carbocycles. The zero-order valence-electron chi connectivity index (χ0n) is 15.5. The van der Waals surface area contributed by atoms with Crippen molar-refractivity contribution in [2.75, 3.05) is 7.11 Å². The Morgan fingerprint density at radius 1 is 0.893 bits per heavy atom. The summed E-state index contributed by atoms with van der Waals surface area (Å²) in [6.07, 6.45) is 3.59. The lowest BCUT2D eigenvalue weighted by molar-refractivity contribution is 0.414. The van der Waals surface area contributed by atoms with Crippen LogP contribution in [0.3, 0.4) is 0 Å². The van der Waals surface area contributed by atoms with E-state index in [1.54, 1.807) is 25.1 Å². The number of thioether (sulfide) groups is 1. The van der Waals surface area contributed by atoms with E-state index >= 15 is 0 Å². The van der Waals surface area contributed by atoms with Crippen LogP contribution in [0.15, 0.2) is 84.3 Å². The van der Waals surface area contributed by atoms with E-state index in [1.165, 1.54) is 11.1 Å². The molecule has 5 nitrogen and oxygen atoms in total. The van der Waals surface area contributed by atoms with Crippen LogP contribution in [0.25, 0.3) is 11.4 Å². The molecule has 0 bridgehead atoms. The first-order valence-electron chi connectivity index (χ1n) is 8.97. The second-order valence-electron chi connectivity index (χ2n) is 6.26. The first-order chi connectivity index (χ1) is 13.8. The maximum Gasteiger partial charge on any atom is 0.192 e. The molecule has 0 aliphatic heterocycles. The molecule has 0 aliphatic rings. The maximum atomic E-state index is 5.23. The first-order valence-corrected chi connectivity index (χ1v) is 9.95. The lowest BCUT2D eigenvalue weighted by Crippen LogP contribution is -2.04. The van der Waals surface area contributed by atoms with Crippen molar-refractivity contribution in [1.82, 2.24) is 19.7 Å². The minimum Gasteiger partial charge on any atom is -0.497 e. The number of rotatable bonds is 7. The molecule has 2 heterocycles. The summed E-state index contributed by atoms with van der Waals surface area (Å²) in [6.45, 7) is 0.711. The molecule has 4 aromatic rings. The first kappa shape index (κ1) is 18.3. The topological polar surface area (TPSA) is 52.8 Å². The van der Waals surface area contributed by atoms with Gasteiger partial charge in [-0.2, -0.15) is 0 Å². The lowest BCUT2D eigenvalue weighted by Gasteiger charge is -2.10. The standard InChI is InChI=1S/C22H20N4OS/c1-27-20-11-9-18(10-12-20)16-28-22-25-24-21(19-8-5-13-23-14-19)26(22)15-17-6-3-2-4-7-17/h2-14H,15-16H2,1H3. The normalized spacial score (nSPS) is 10.8. The number of hydrogen-bond donors (Lipinski definition) is 0. The van der Waals surface area contributed by atoms with Crippen molar-refractivity contribution in [3.8, 4) is 17.1 Å². The summed E-state index contributed by atoms with van der Waals surface area (Å²) in [4.78, 5) is 4.23. The minimum atomic E-state index is 0.711. The van der Waals surface area contributed by atoms with Gasteiger partial charge in [-0.3, -0.25) is 9.55 Å². The Bertz CT molecular complexity index is 1020. The Labute approximate surface area is 168 Å². The Balaban J connectivity index is 1.61. The molecule has 0 radical (unpaired) electrons. The van der Waals surface area contributed by atoms with Gasteiger partial charge in [0.25, 0.3) is 0 Å². The lowest BCUT2D eigenvalue weighted by atomic mass is 10.2. The fourth-order valence-electron chi connectivity index (χ4n) is 2.88. The van der Waals surface area contributed by atoms with Crippen LogP contribution in [0.2, 0.25) is 0 Å². The largest absolute Gasteiger partial charge is 0.497 e. The summed E-state index contributed by atoms with van der Waals surface area (Å²) >= 11 is 1.68. The molecule has 0 saturated carbocycles. The van der Waals surface area contributed by atoms with Gasteiger partial charge in [-0.25, -0.2) is 0 Å². The highest BCUT2D eigenvalue weighted by Crippen LogP contribution is 2.27. The maximum absolute atomic E-state index is 5.23. The number of pyridine rings is 1. The van der Waals surface area contributed by atoms with E-state index in [0.717, 1.165) is 28.0 Å². The molecule has 0 N–H and O–H groups in total. The van der Waals surface area contributed by atoms with Gasteiger partial charge in [-0.1, -0.05) is 54.2 Å². The fourth-order valence-corrected chi connectivity index (χ4v) is 3.78. The Hall–Kier alpha value is -3.12. The summed E-state index contributed by atoms with van der Waals surface area (Å²) in [5, 5.41) is 9.80. The van der Waals surface area contributed by atoms with Crippen LogP contribution in [0, 0.1) is 0 Å². The van der Waals surface area contributed by atoms with Gasteiger partial charge in [0.1, 0.15) is 5.75 Å². The molecule has 0 spiro atoms. The van der Waals surface area contributed by atoms with Crippen LogP contribution in [0.5, 0.6) is 5.75 Å². The smallest absolute Gasteiger partial charge is 0.192 e. The van der Waals surface area contributed by atoms with E-state index in [0.29, 0.717) is 6.54 Å². The molecule has 0 fully saturated rings. The van der Waals surface area contributed by atoms with Crippen molar-refractivity contribution in [1.29, 1.82) is 0 Å². The van der Waals surface area contributed by atoms with Crippen molar-refractivity contribution >= 4 is 11.8 Å². The monoisotopic (exact) mass is 388 g/mol. The van der Waals surface area contributed by atoms with Crippen molar-refractivity contribution < 1.29 is 4.74 Å². The van der Waals surface area contributed by atoms with Gasteiger partial charge in [-0.05, 0) is 35.4 Å². The fraction of sp³-hybridized carbons (Fsp3) is 0.136. The Morgan fingerprint density at radius 2 is 1.71 bits per heavy atom. The average molecular weight is 388 g/mol. The molecule has 6 heteroatoms. The van der Waals surface area contributed by atoms with E-state index in [-0.39, 0.29) is 0 Å². The summed E-state index contributed by atoms with van der Waals surface area (Å²) < 4.78 is 7.38. The van der Waals surface area contributed by atoms with Gasteiger partial charge in [0.2, 0.25) is 0 Å². The van der Waals surface area contributed by atoms with Crippen LogP contribution in [-0.2, 0) is 12.3 Å². The SMILES string of the molecule is COc1ccc(CSc2nnc(-c3cccnc3)n2Cc2ccccc2)cc1. The summed E-state index contributed by atoms with van der Waals surface area (Å²) in [5.41, 5.74) is 3.38. The number of aromatic nitrogens is 4. The summed E-state index contributed by atoms with van der Waals surface area (Å²) in [6, 6.07) is 22.4. The predicted molar refractivity (Wildman–Crippen MR) is 111 cm³/mol. The van der Waals surface area contributed by atoms with Crippen molar-refractivity contribution in [2.45, 2.75) is 17.5 Å². The van der Waals surface area contributed by atoms with Gasteiger partial charge in [0.05, 0.1) is 13.7 Å². The van der Waals surface area contributed by atoms with E-state index in [9.17, 15) is 0 Å². The van der Waals surface area contributed by atoms with E-state index in [4.69, 9.17) is 4.74 Å². The highest BCUT2D eigenvalue weighted by Gasteiger charge is 2.15. The molecular weight excluding hydrogens is 368 g/mol. The number of methoxy groups -OCH3 is 1. The second-order valence-corrected chi connectivity index (χ2v) is 7.20. The third kappa shape index (κ3) is 4.23. The molecule has 2 aromatic carbocycles. The van der Waals surface area contributed by atoms with Crippen molar-refractivity contribution in [3.63, 3.8) is 0 Å². The number of nitrogens with zero attached hydrogens (tertiary/aromatic N) is 4. The molecule has 2 aromatic heterocycles. The van der Waals surface area contributed by atoms with Crippen LogP contribution in [0.4, 0.5) is 0 Å². The third-order valence-corrected chi connectivity index (χ3v) is 5.38. The third-order valence-electron chi connectivity index (χ3n) is 4.35. The van der Waals surface area contributed by atoms with Crippen LogP contribution in [-0.4, -0.2) is 26.9 Å². The molecule has 0 unspecified atom stereocenters. The zero-order chi connectivity index (χ0) is 19.2. The van der Waals surface area contributed by atoms with E-state index < -0.39 is 0 Å². The van der Waals surface area contributed by atoms with E-state index in [1.807, 2.05) is 48.7 Å². The van der Waals surface area contributed by atoms with Gasteiger partial charge in [-0.15, -0.1) is 10.2 Å². The molecular formula is C22H20N4OS. The van der Waals surface area contributed by atoms with Crippen molar-refractivity contribution in [2.24, 2.45) is 0 Å². The Kier molecular flexibility index (Phi) is 5.68. The average Bonchev–Trinajstić information content (AvgIpc) is 3.16. The van der Waals surface area contributed by atoms with Crippen LogP contribution in [0.1, 0.15) is 11.1 Å². The highest BCUT2D eigenvalue weighted by molar-refractivity contribution is 7.98. The molecule has 0 saturated heterocycles. The predicted octanol–water partition coefficient (Wildman–Crippen LogP) is 4.69. The molecule has 4 rings (SSSR count). The number of ether oxygens (including phenoxy) is 1. The van der Waals surface area contributed by atoms with Crippen molar-refractivity contribution in [3.05, 3.63) is 90.3 Å². The number of benzene rings is 2. The van der Waals surface area contributed by atoms with Gasteiger partial charge in [0.15, 0.2) is 11.0 Å². The highest BCUT2D eigenvalue weighted by atomic mass is 32.2. The quantitative estimate of drug-likeness (QED) is 0.430. The summed E-state index contributed by atoms with van der Waals surface area (Å²) in [7, 11) is 1.68. The second kappa shape index (κ2) is 8.71.